The minimum Gasteiger partial charge on any atom is -0.447 e. The number of ether oxygens (including phenoxy) is 1. The van der Waals surface area contributed by atoms with Crippen molar-refractivity contribution >= 4 is 17.7 Å². The number of aromatic nitrogens is 2. The number of aryl methyl sites for hydroxylation is 1. The number of hydrogen-bond donors (Lipinski definition) is 1. The Hall–Kier alpha value is -2.05. The molecule has 0 unspecified atom stereocenters. The van der Waals surface area contributed by atoms with Crippen LogP contribution in [0.2, 0.25) is 0 Å². The first-order valence-electron chi connectivity index (χ1n) is 7.64. The van der Waals surface area contributed by atoms with Gasteiger partial charge in [-0.15, -0.1) is 0 Å². The first kappa shape index (κ1) is 16.3. The monoisotopic (exact) mass is 308 g/mol. The van der Waals surface area contributed by atoms with Gasteiger partial charge in [-0.3, -0.25) is 9.48 Å². The van der Waals surface area contributed by atoms with Gasteiger partial charge in [0.25, 0.3) is 0 Å². The molecule has 0 radical (unpaired) electrons. The molecule has 0 spiro atoms. The van der Waals surface area contributed by atoms with Crippen molar-refractivity contribution in [1.82, 2.24) is 15.1 Å². The summed E-state index contributed by atoms with van der Waals surface area (Å²) in [5.74, 6) is 0.332. The van der Waals surface area contributed by atoms with Crippen LogP contribution < -0.4 is 10.2 Å². The summed E-state index contributed by atoms with van der Waals surface area (Å²) in [6.45, 7) is 6.57. The fraction of sp³-hybridized carbons (Fsp3) is 0.667. The van der Waals surface area contributed by atoms with Crippen molar-refractivity contribution in [2.75, 3.05) is 11.4 Å². The fourth-order valence-corrected chi connectivity index (χ4v) is 2.69. The standard InChI is InChI=1S/C15H24N4O3/c1-10(2)7-11(3)22-15(21)17-13-5-6-19(14(13)20)12-8-16-18(4)9-12/h8-11,13H,5-7H2,1-4H3,(H,17,21)/t11-,13-/m0/s1. The lowest BCUT2D eigenvalue weighted by molar-refractivity contribution is -0.118. The first-order valence-corrected chi connectivity index (χ1v) is 7.64. The van der Waals surface area contributed by atoms with E-state index < -0.39 is 12.1 Å². The number of anilines is 1. The average molecular weight is 308 g/mol. The molecule has 1 fully saturated rings. The Morgan fingerprint density at radius 2 is 2.23 bits per heavy atom. The molecule has 2 amide bonds. The van der Waals surface area contributed by atoms with E-state index in [-0.39, 0.29) is 12.0 Å². The van der Waals surface area contributed by atoms with E-state index in [9.17, 15) is 9.59 Å². The Labute approximate surface area is 130 Å². The van der Waals surface area contributed by atoms with Crippen LogP contribution in [0.1, 0.15) is 33.6 Å². The second kappa shape index (κ2) is 6.81. The molecule has 0 aliphatic carbocycles. The lowest BCUT2D eigenvalue weighted by atomic mass is 10.1. The van der Waals surface area contributed by atoms with E-state index in [0.717, 1.165) is 12.1 Å². The second-order valence-corrected chi connectivity index (χ2v) is 6.19. The van der Waals surface area contributed by atoms with Gasteiger partial charge in [0.1, 0.15) is 12.1 Å². The van der Waals surface area contributed by atoms with Crippen molar-refractivity contribution in [1.29, 1.82) is 0 Å². The molecule has 1 aromatic heterocycles. The highest BCUT2D eigenvalue weighted by Crippen LogP contribution is 2.20. The third-order valence-electron chi connectivity index (χ3n) is 3.61. The summed E-state index contributed by atoms with van der Waals surface area (Å²) < 4.78 is 6.92. The highest BCUT2D eigenvalue weighted by molar-refractivity contribution is 6.00. The molecule has 1 aliphatic rings. The zero-order valence-corrected chi connectivity index (χ0v) is 13.6. The van der Waals surface area contributed by atoms with Crippen LogP contribution in [0.5, 0.6) is 0 Å². The maximum Gasteiger partial charge on any atom is 0.408 e. The number of nitrogens with one attached hydrogen (secondary N) is 1. The van der Waals surface area contributed by atoms with E-state index in [4.69, 9.17) is 4.74 Å². The van der Waals surface area contributed by atoms with Crippen molar-refractivity contribution in [3.8, 4) is 0 Å². The molecular weight excluding hydrogens is 284 g/mol. The summed E-state index contributed by atoms with van der Waals surface area (Å²) in [5, 5.41) is 6.72. The van der Waals surface area contributed by atoms with Crippen LogP contribution in [0, 0.1) is 5.92 Å². The smallest absolute Gasteiger partial charge is 0.408 e. The normalized spacial score (nSPS) is 19.6. The number of nitrogens with zero attached hydrogens (tertiary/aromatic N) is 3. The number of rotatable bonds is 5. The summed E-state index contributed by atoms with van der Waals surface area (Å²) >= 11 is 0. The lowest BCUT2D eigenvalue weighted by Gasteiger charge is -2.18. The maximum absolute atomic E-state index is 12.3. The Morgan fingerprint density at radius 3 is 2.82 bits per heavy atom. The summed E-state index contributed by atoms with van der Waals surface area (Å²) in [7, 11) is 1.80. The van der Waals surface area contributed by atoms with E-state index in [1.54, 1.807) is 29.0 Å². The van der Waals surface area contributed by atoms with Gasteiger partial charge in [-0.25, -0.2) is 4.79 Å². The zero-order chi connectivity index (χ0) is 16.3. The van der Waals surface area contributed by atoms with Crippen molar-refractivity contribution in [3.05, 3.63) is 12.4 Å². The van der Waals surface area contributed by atoms with Crippen molar-refractivity contribution in [2.24, 2.45) is 13.0 Å². The predicted molar refractivity (Wildman–Crippen MR) is 82.5 cm³/mol. The minimum atomic E-state index is -0.529. The van der Waals surface area contributed by atoms with Crippen LogP contribution in [-0.4, -0.2) is 40.5 Å². The Bertz CT molecular complexity index is 541. The van der Waals surface area contributed by atoms with Gasteiger partial charge in [0, 0.05) is 19.8 Å². The van der Waals surface area contributed by atoms with Crippen LogP contribution >= 0.6 is 0 Å². The van der Waals surface area contributed by atoms with Gasteiger partial charge in [-0.1, -0.05) is 13.8 Å². The topological polar surface area (TPSA) is 76.5 Å². The molecule has 1 N–H and O–H groups in total. The predicted octanol–water partition coefficient (Wildman–Crippen LogP) is 1.69. The number of carbonyl (C=O) groups is 2. The van der Waals surface area contributed by atoms with E-state index >= 15 is 0 Å². The van der Waals surface area contributed by atoms with Crippen LogP contribution in [0.25, 0.3) is 0 Å². The largest absolute Gasteiger partial charge is 0.447 e. The third kappa shape index (κ3) is 3.99. The molecule has 22 heavy (non-hydrogen) atoms. The molecule has 1 saturated heterocycles. The highest BCUT2D eigenvalue weighted by atomic mass is 16.6. The van der Waals surface area contributed by atoms with Gasteiger partial charge in [0.15, 0.2) is 0 Å². The molecule has 1 aliphatic heterocycles. The molecule has 2 heterocycles. The molecule has 2 atom stereocenters. The Morgan fingerprint density at radius 1 is 1.50 bits per heavy atom. The summed E-state index contributed by atoms with van der Waals surface area (Å²) in [4.78, 5) is 25.8. The lowest BCUT2D eigenvalue weighted by Crippen LogP contribution is -2.42. The molecule has 122 valence electrons. The zero-order valence-electron chi connectivity index (χ0n) is 13.6. The highest BCUT2D eigenvalue weighted by Gasteiger charge is 2.34. The van der Waals surface area contributed by atoms with E-state index in [1.165, 1.54) is 0 Å². The number of alkyl carbamates (subject to hydrolysis) is 1. The first-order chi connectivity index (χ1) is 10.4. The van der Waals surface area contributed by atoms with Gasteiger partial charge in [0.2, 0.25) is 5.91 Å². The molecule has 2 rings (SSSR count). The van der Waals surface area contributed by atoms with Gasteiger partial charge in [-0.2, -0.15) is 5.10 Å². The second-order valence-electron chi connectivity index (χ2n) is 6.19. The number of amides is 2. The molecule has 7 nitrogen and oxygen atoms in total. The third-order valence-corrected chi connectivity index (χ3v) is 3.61. The van der Waals surface area contributed by atoms with Crippen LogP contribution in [0.3, 0.4) is 0 Å². The van der Waals surface area contributed by atoms with Gasteiger partial charge < -0.3 is 15.0 Å². The van der Waals surface area contributed by atoms with Gasteiger partial charge in [0.05, 0.1) is 11.9 Å². The summed E-state index contributed by atoms with van der Waals surface area (Å²) in [6.07, 6.45) is 4.10. The van der Waals surface area contributed by atoms with Crippen molar-refractivity contribution in [2.45, 2.75) is 45.8 Å². The molecular formula is C15H24N4O3. The summed E-state index contributed by atoms with van der Waals surface area (Å²) in [6, 6.07) is -0.529. The minimum absolute atomic E-state index is 0.124. The summed E-state index contributed by atoms with van der Waals surface area (Å²) in [5.41, 5.74) is 0.748. The SMILES string of the molecule is CC(C)C[C@H](C)OC(=O)N[C@H]1CCN(c2cnn(C)c2)C1=O. The molecule has 7 heteroatoms. The number of hydrogen-bond acceptors (Lipinski definition) is 4. The van der Waals surface area contributed by atoms with Crippen molar-refractivity contribution in [3.63, 3.8) is 0 Å². The molecule has 1 aromatic rings. The van der Waals surface area contributed by atoms with E-state index in [2.05, 4.69) is 24.3 Å². The Balaban J connectivity index is 1.86. The van der Waals surface area contributed by atoms with Gasteiger partial charge >= 0.3 is 6.09 Å². The Kier molecular flexibility index (Phi) is 5.05. The molecule has 0 bridgehead atoms. The van der Waals surface area contributed by atoms with Crippen LogP contribution in [0.4, 0.5) is 10.5 Å². The average Bonchev–Trinajstić information content (AvgIpc) is 2.96. The van der Waals surface area contributed by atoms with Gasteiger partial charge in [-0.05, 0) is 25.7 Å². The molecule has 0 saturated carbocycles. The van der Waals surface area contributed by atoms with Crippen molar-refractivity contribution < 1.29 is 14.3 Å². The van der Waals surface area contributed by atoms with Crippen LogP contribution in [0.15, 0.2) is 12.4 Å². The number of carbonyl (C=O) groups excluding carboxylic acids is 2. The van der Waals surface area contributed by atoms with Crippen LogP contribution in [-0.2, 0) is 16.6 Å². The van der Waals surface area contributed by atoms with E-state index in [1.807, 2.05) is 6.92 Å². The molecule has 0 aromatic carbocycles. The van der Waals surface area contributed by atoms with E-state index in [0.29, 0.717) is 18.9 Å². The quantitative estimate of drug-likeness (QED) is 0.898. The maximum atomic E-state index is 12.3. The fourth-order valence-electron chi connectivity index (χ4n) is 2.69.